The molecule has 2 unspecified atom stereocenters. The number of likely N-dealkylation sites (tertiary alicyclic amines) is 1. The van der Waals surface area contributed by atoms with E-state index in [1.54, 1.807) is 0 Å². The van der Waals surface area contributed by atoms with E-state index in [0.29, 0.717) is 13.0 Å². The van der Waals surface area contributed by atoms with Crippen molar-refractivity contribution in [2.24, 2.45) is 0 Å². The Morgan fingerprint density at radius 2 is 2.26 bits per heavy atom. The molecule has 3 nitrogen and oxygen atoms in total. The molecule has 1 aliphatic rings. The van der Waals surface area contributed by atoms with Crippen molar-refractivity contribution in [2.75, 3.05) is 19.6 Å². The highest BCUT2D eigenvalue weighted by atomic mass is 79.9. The van der Waals surface area contributed by atoms with Gasteiger partial charge in [-0.2, -0.15) is 0 Å². The highest BCUT2D eigenvalue weighted by molar-refractivity contribution is 9.10. The van der Waals surface area contributed by atoms with E-state index in [0.717, 1.165) is 36.0 Å². The second kappa shape index (κ2) is 6.35. The third-order valence-electron chi connectivity index (χ3n) is 3.71. The van der Waals surface area contributed by atoms with Crippen LogP contribution in [0.15, 0.2) is 28.7 Å². The molecule has 1 aromatic rings. The van der Waals surface area contributed by atoms with Crippen LogP contribution in [0.4, 0.5) is 0 Å². The molecule has 1 heterocycles. The van der Waals surface area contributed by atoms with Crippen molar-refractivity contribution in [3.63, 3.8) is 0 Å². The molecule has 1 aliphatic heterocycles. The van der Waals surface area contributed by atoms with Crippen molar-refractivity contribution >= 4 is 15.9 Å². The highest BCUT2D eigenvalue weighted by Crippen LogP contribution is 2.24. The van der Waals surface area contributed by atoms with Crippen LogP contribution in [0.5, 0.6) is 0 Å². The van der Waals surface area contributed by atoms with Crippen LogP contribution >= 0.6 is 15.9 Å². The van der Waals surface area contributed by atoms with Crippen LogP contribution in [0, 0.1) is 0 Å². The van der Waals surface area contributed by atoms with Gasteiger partial charge in [-0.25, -0.2) is 0 Å². The molecule has 0 aromatic heterocycles. The summed E-state index contributed by atoms with van der Waals surface area (Å²) in [4.78, 5) is 2.24. The van der Waals surface area contributed by atoms with Gasteiger partial charge in [0.15, 0.2) is 0 Å². The van der Waals surface area contributed by atoms with E-state index in [9.17, 15) is 10.2 Å². The highest BCUT2D eigenvalue weighted by Gasteiger charge is 2.28. The van der Waals surface area contributed by atoms with Crippen molar-refractivity contribution in [1.82, 2.24) is 4.90 Å². The Kier molecular flexibility index (Phi) is 5.01. The normalized spacial score (nSPS) is 26.3. The van der Waals surface area contributed by atoms with E-state index < -0.39 is 11.7 Å². The van der Waals surface area contributed by atoms with Crippen LogP contribution in [0.2, 0.25) is 0 Å². The summed E-state index contributed by atoms with van der Waals surface area (Å²) in [5, 5.41) is 20.2. The second-order valence-corrected chi connectivity index (χ2v) is 6.65. The summed E-state index contributed by atoms with van der Waals surface area (Å²) in [5.74, 6) is 0. The molecule has 19 heavy (non-hydrogen) atoms. The van der Waals surface area contributed by atoms with E-state index in [4.69, 9.17) is 0 Å². The van der Waals surface area contributed by atoms with Crippen LogP contribution in [-0.2, 0) is 0 Å². The zero-order valence-electron chi connectivity index (χ0n) is 11.3. The predicted octanol–water partition coefficient (Wildman–Crippen LogP) is 2.72. The molecular weight excluding hydrogens is 306 g/mol. The van der Waals surface area contributed by atoms with Gasteiger partial charge in [0.2, 0.25) is 0 Å². The Morgan fingerprint density at radius 3 is 2.95 bits per heavy atom. The molecular formula is C15H22BrNO2. The third kappa shape index (κ3) is 4.56. The Morgan fingerprint density at radius 1 is 1.47 bits per heavy atom. The number of hydrogen-bond acceptors (Lipinski definition) is 3. The minimum absolute atomic E-state index is 0.440. The molecule has 0 amide bonds. The number of hydrogen-bond donors (Lipinski definition) is 2. The summed E-state index contributed by atoms with van der Waals surface area (Å²) in [5.41, 5.74) is 0.372. The van der Waals surface area contributed by atoms with Crippen molar-refractivity contribution < 1.29 is 10.2 Å². The van der Waals surface area contributed by atoms with Gasteiger partial charge >= 0.3 is 0 Å². The van der Waals surface area contributed by atoms with Crippen LogP contribution in [0.1, 0.15) is 37.9 Å². The van der Waals surface area contributed by atoms with Crippen molar-refractivity contribution in [2.45, 2.75) is 37.9 Å². The standard InChI is InChI=1S/C15H22BrNO2/c1-15(19)7-3-8-17(11-15)9-6-14(18)12-4-2-5-13(16)10-12/h2,4-5,10,14,18-19H,3,6-9,11H2,1H3. The topological polar surface area (TPSA) is 43.7 Å². The van der Waals surface area contributed by atoms with Gasteiger partial charge in [0.25, 0.3) is 0 Å². The molecule has 1 aromatic carbocycles. The fourth-order valence-electron chi connectivity index (χ4n) is 2.70. The van der Waals surface area contributed by atoms with Crippen LogP contribution in [-0.4, -0.2) is 40.3 Å². The van der Waals surface area contributed by atoms with Crippen LogP contribution in [0.3, 0.4) is 0 Å². The Labute approximate surface area is 123 Å². The van der Waals surface area contributed by atoms with Crippen molar-refractivity contribution in [1.29, 1.82) is 0 Å². The summed E-state index contributed by atoms with van der Waals surface area (Å²) in [7, 11) is 0. The lowest BCUT2D eigenvalue weighted by Gasteiger charge is -2.37. The number of aliphatic hydroxyl groups excluding tert-OH is 1. The minimum atomic E-state index is -0.570. The number of β-amino-alcohol motifs (C(OH)–C–C–N with tert-alkyl or cyclic N) is 1. The maximum Gasteiger partial charge on any atom is 0.0802 e. The predicted molar refractivity (Wildman–Crippen MR) is 80.0 cm³/mol. The van der Waals surface area contributed by atoms with E-state index >= 15 is 0 Å². The van der Waals surface area contributed by atoms with Gasteiger partial charge in [-0.1, -0.05) is 28.1 Å². The quantitative estimate of drug-likeness (QED) is 0.893. The summed E-state index contributed by atoms with van der Waals surface area (Å²) in [6.07, 6.45) is 2.16. The number of aliphatic hydroxyl groups is 2. The Balaban J connectivity index is 1.85. The number of benzene rings is 1. The fourth-order valence-corrected chi connectivity index (χ4v) is 3.12. The summed E-state index contributed by atoms with van der Waals surface area (Å²) in [6.45, 7) is 4.44. The number of nitrogens with zero attached hydrogens (tertiary/aromatic N) is 1. The van der Waals surface area contributed by atoms with Gasteiger partial charge in [-0.05, 0) is 50.4 Å². The molecule has 1 saturated heterocycles. The summed E-state index contributed by atoms with van der Waals surface area (Å²) < 4.78 is 0.991. The fraction of sp³-hybridized carbons (Fsp3) is 0.600. The smallest absolute Gasteiger partial charge is 0.0802 e. The van der Waals surface area contributed by atoms with E-state index in [1.807, 2.05) is 31.2 Å². The molecule has 106 valence electrons. The maximum atomic E-state index is 10.2. The number of rotatable bonds is 4. The Hall–Kier alpha value is -0.420. The Bertz CT molecular complexity index is 422. The maximum absolute atomic E-state index is 10.2. The molecule has 0 saturated carbocycles. The first-order chi connectivity index (χ1) is 8.96. The molecule has 0 radical (unpaired) electrons. The van der Waals surface area contributed by atoms with E-state index in [-0.39, 0.29) is 0 Å². The van der Waals surface area contributed by atoms with Gasteiger partial charge < -0.3 is 15.1 Å². The molecule has 0 bridgehead atoms. The minimum Gasteiger partial charge on any atom is -0.389 e. The van der Waals surface area contributed by atoms with Gasteiger partial charge in [0.1, 0.15) is 0 Å². The molecule has 0 aliphatic carbocycles. The van der Waals surface area contributed by atoms with Crippen LogP contribution in [0.25, 0.3) is 0 Å². The lowest BCUT2D eigenvalue weighted by molar-refractivity contribution is -0.0191. The largest absolute Gasteiger partial charge is 0.389 e. The van der Waals surface area contributed by atoms with Gasteiger partial charge in [-0.3, -0.25) is 0 Å². The molecule has 1 fully saturated rings. The average molecular weight is 328 g/mol. The summed E-state index contributed by atoms with van der Waals surface area (Å²) >= 11 is 3.42. The first kappa shape index (κ1) is 15.0. The summed E-state index contributed by atoms with van der Waals surface area (Å²) in [6, 6.07) is 7.80. The number of piperidine rings is 1. The third-order valence-corrected chi connectivity index (χ3v) is 4.20. The van der Waals surface area contributed by atoms with Crippen molar-refractivity contribution in [3.8, 4) is 0 Å². The van der Waals surface area contributed by atoms with E-state index in [1.165, 1.54) is 0 Å². The molecule has 2 rings (SSSR count). The first-order valence-corrected chi connectivity index (χ1v) is 7.64. The average Bonchev–Trinajstić information content (AvgIpc) is 2.35. The van der Waals surface area contributed by atoms with E-state index in [2.05, 4.69) is 20.8 Å². The molecule has 4 heteroatoms. The first-order valence-electron chi connectivity index (χ1n) is 6.84. The SMILES string of the molecule is CC1(O)CCCN(CCC(O)c2cccc(Br)c2)C1. The van der Waals surface area contributed by atoms with Gasteiger partial charge in [0, 0.05) is 17.6 Å². The van der Waals surface area contributed by atoms with Crippen molar-refractivity contribution in [3.05, 3.63) is 34.3 Å². The van der Waals surface area contributed by atoms with Crippen LogP contribution < -0.4 is 0 Å². The molecule has 0 spiro atoms. The number of halogens is 1. The zero-order chi connectivity index (χ0) is 13.9. The second-order valence-electron chi connectivity index (χ2n) is 5.74. The lowest BCUT2D eigenvalue weighted by Crippen LogP contribution is -2.46. The zero-order valence-corrected chi connectivity index (χ0v) is 12.9. The monoisotopic (exact) mass is 327 g/mol. The van der Waals surface area contributed by atoms with Gasteiger partial charge in [0.05, 0.1) is 11.7 Å². The molecule has 2 atom stereocenters. The molecule has 2 N–H and O–H groups in total. The van der Waals surface area contributed by atoms with Gasteiger partial charge in [-0.15, -0.1) is 0 Å². The lowest BCUT2D eigenvalue weighted by atomic mass is 9.95.